The molecule has 1 unspecified atom stereocenters. The SMILES string of the molecule is CC1(C)CC2(COC(N)=N2)CO1. The highest BCUT2D eigenvalue weighted by Crippen LogP contribution is 2.37. The van der Waals surface area contributed by atoms with Gasteiger partial charge in [-0.15, -0.1) is 0 Å². The second-order valence-electron chi connectivity index (χ2n) is 4.19. The zero-order valence-corrected chi connectivity index (χ0v) is 7.46. The Morgan fingerprint density at radius 2 is 2.17 bits per heavy atom. The highest BCUT2D eigenvalue weighted by molar-refractivity contribution is 5.73. The number of nitrogens with zero attached hydrogens (tertiary/aromatic N) is 1. The minimum absolute atomic E-state index is 0.0858. The fraction of sp³-hybridized carbons (Fsp3) is 0.875. The van der Waals surface area contributed by atoms with Crippen LogP contribution in [0, 0.1) is 0 Å². The first-order valence-corrected chi connectivity index (χ1v) is 4.14. The van der Waals surface area contributed by atoms with Gasteiger partial charge < -0.3 is 15.2 Å². The van der Waals surface area contributed by atoms with Crippen molar-refractivity contribution in [2.45, 2.75) is 31.4 Å². The van der Waals surface area contributed by atoms with E-state index in [1.165, 1.54) is 0 Å². The molecule has 12 heavy (non-hydrogen) atoms. The van der Waals surface area contributed by atoms with E-state index in [0.717, 1.165) is 6.42 Å². The lowest BCUT2D eigenvalue weighted by Gasteiger charge is -2.17. The lowest BCUT2D eigenvalue weighted by atomic mass is 9.92. The Labute approximate surface area is 71.7 Å². The molecule has 2 rings (SSSR count). The third kappa shape index (κ3) is 1.16. The topological polar surface area (TPSA) is 56.8 Å². The molecule has 2 aliphatic heterocycles. The van der Waals surface area contributed by atoms with Crippen LogP contribution in [0.25, 0.3) is 0 Å². The summed E-state index contributed by atoms with van der Waals surface area (Å²) in [6.45, 7) is 5.32. The monoisotopic (exact) mass is 170 g/mol. The molecular weight excluding hydrogens is 156 g/mol. The predicted octanol–water partition coefficient (Wildman–Crippen LogP) is 0.269. The molecule has 0 bridgehead atoms. The number of ether oxygens (including phenoxy) is 2. The Balaban J connectivity index is 2.17. The van der Waals surface area contributed by atoms with Gasteiger partial charge in [-0.05, 0) is 13.8 Å². The van der Waals surface area contributed by atoms with Gasteiger partial charge in [0.15, 0.2) is 0 Å². The van der Waals surface area contributed by atoms with Gasteiger partial charge in [-0.2, -0.15) is 0 Å². The van der Waals surface area contributed by atoms with Crippen LogP contribution in [0.15, 0.2) is 4.99 Å². The average Bonchev–Trinajstić information content (AvgIpc) is 2.41. The van der Waals surface area contributed by atoms with Crippen molar-refractivity contribution in [2.24, 2.45) is 10.7 Å². The van der Waals surface area contributed by atoms with E-state index >= 15 is 0 Å². The standard InChI is InChI=1S/C8H14N2O2/c1-7(2)3-8(5-12-7)4-11-6(9)10-8/h3-5H2,1-2H3,(H2,9,10). The second kappa shape index (κ2) is 2.13. The molecule has 1 saturated heterocycles. The molecule has 0 aromatic carbocycles. The molecule has 0 amide bonds. The first kappa shape index (κ1) is 7.86. The molecule has 1 atom stereocenters. The van der Waals surface area contributed by atoms with Gasteiger partial charge in [0.2, 0.25) is 0 Å². The normalized spacial score (nSPS) is 38.3. The van der Waals surface area contributed by atoms with E-state index in [0.29, 0.717) is 19.2 Å². The van der Waals surface area contributed by atoms with Crippen molar-refractivity contribution in [3.05, 3.63) is 0 Å². The summed E-state index contributed by atoms with van der Waals surface area (Å²) in [5.74, 6) is 0. The molecule has 0 aliphatic carbocycles. The molecule has 4 nitrogen and oxygen atoms in total. The highest BCUT2D eigenvalue weighted by atomic mass is 16.5. The van der Waals surface area contributed by atoms with Crippen molar-refractivity contribution in [3.63, 3.8) is 0 Å². The maximum atomic E-state index is 5.58. The Hall–Kier alpha value is -0.770. The number of amidine groups is 1. The van der Waals surface area contributed by atoms with E-state index in [9.17, 15) is 0 Å². The van der Waals surface area contributed by atoms with Gasteiger partial charge in [0.05, 0.1) is 12.2 Å². The first-order valence-electron chi connectivity index (χ1n) is 4.14. The van der Waals surface area contributed by atoms with E-state index < -0.39 is 0 Å². The van der Waals surface area contributed by atoms with Crippen LogP contribution in [0.4, 0.5) is 0 Å². The molecule has 68 valence electrons. The van der Waals surface area contributed by atoms with Gasteiger partial charge in [0.25, 0.3) is 6.02 Å². The second-order valence-corrected chi connectivity index (χ2v) is 4.19. The average molecular weight is 170 g/mol. The molecule has 2 N–H and O–H groups in total. The van der Waals surface area contributed by atoms with Crippen LogP contribution < -0.4 is 5.73 Å². The van der Waals surface area contributed by atoms with Crippen molar-refractivity contribution in [2.75, 3.05) is 13.2 Å². The zero-order chi connectivity index (χ0) is 8.82. The molecule has 1 spiro atoms. The summed E-state index contributed by atoms with van der Waals surface area (Å²) in [7, 11) is 0. The fourth-order valence-electron chi connectivity index (χ4n) is 1.90. The molecule has 0 saturated carbocycles. The maximum Gasteiger partial charge on any atom is 0.282 e. The molecule has 0 aromatic heterocycles. The van der Waals surface area contributed by atoms with Crippen LogP contribution >= 0.6 is 0 Å². The molecule has 2 aliphatic rings. The van der Waals surface area contributed by atoms with Crippen molar-refractivity contribution in [1.29, 1.82) is 0 Å². The van der Waals surface area contributed by atoms with Crippen molar-refractivity contribution < 1.29 is 9.47 Å². The Morgan fingerprint density at radius 1 is 1.42 bits per heavy atom. The molecular formula is C8H14N2O2. The van der Waals surface area contributed by atoms with Gasteiger partial charge in [0, 0.05) is 6.42 Å². The van der Waals surface area contributed by atoms with Crippen molar-refractivity contribution in [1.82, 2.24) is 0 Å². The number of hydrogen-bond acceptors (Lipinski definition) is 4. The highest BCUT2D eigenvalue weighted by Gasteiger charge is 2.47. The minimum Gasteiger partial charge on any atom is -0.463 e. The molecule has 4 heteroatoms. The number of nitrogens with two attached hydrogens (primary N) is 1. The Kier molecular flexibility index (Phi) is 1.39. The summed E-state index contributed by atoms with van der Waals surface area (Å²) in [4.78, 5) is 4.26. The van der Waals surface area contributed by atoms with Gasteiger partial charge >= 0.3 is 0 Å². The first-order chi connectivity index (χ1) is 5.52. The van der Waals surface area contributed by atoms with Crippen LogP contribution in [-0.4, -0.2) is 30.4 Å². The summed E-state index contributed by atoms with van der Waals surface area (Å²) in [5.41, 5.74) is 5.18. The summed E-state index contributed by atoms with van der Waals surface area (Å²) >= 11 is 0. The smallest absolute Gasteiger partial charge is 0.282 e. The Bertz CT molecular complexity index is 237. The van der Waals surface area contributed by atoms with Crippen molar-refractivity contribution >= 4 is 6.02 Å². The summed E-state index contributed by atoms with van der Waals surface area (Å²) in [6.07, 6.45) is 0.890. The predicted molar refractivity (Wildman–Crippen MR) is 45.0 cm³/mol. The lowest BCUT2D eigenvalue weighted by molar-refractivity contribution is 0.0336. The van der Waals surface area contributed by atoms with Gasteiger partial charge in [-0.25, -0.2) is 4.99 Å². The van der Waals surface area contributed by atoms with Crippen LogP contribution in [-0.2, 0) is 9.47 Å². The largest absolute Gasteiger partial charge is 0.463 e. The van der Waals surface area contributed by atoms with Gasteiger partial charge in [-0.1, -0.05) is 0 Å². The minimum atomic E-state index is -0.187. The van der Waals surface area contributed by atoms with Crippen LogP contribution in [0.1, 0.15) is 20.3 Å². The van der Waals surface area contributed by atoms with E-state index in [2.05, 4.69) is 18.8 Å². The van der Waals surface area contributed by atoms with Gasteiger partial charge in [0.1, 0.15) is 12.1 Å². The number of aliphatic imine (C=N–C) groups is 1. The summed E-state index contributed by atoms with van der Waals surface area (Å²) in [6, 6.07) is 0.302. The quantitative estimate of drug-likeness (QED) is 0.567. The number of hydrogen-bond donors (Lipinski definition) is 1. The van der Waals surface area contributed by atoms with Crippen LogP contribution in [0.2, 0.25) is 0 Å². The number of rotatable bonds is 0. The summed E-state index contributed by atoms with van der Waals surface area (Å²) < 4.78 is 10.7. The van der Waals surface area contributed by atoms with E-state index in [4.69, 9.17) is 15.2 Å². The van der Waals surface area contributed by atoms with Crippen molar-refractivity contribution in [3.8, 4) is 0 Å². The summed E-state index contributed by atoms with van der Waals surface area (Å²) in [5, 5.41) is 0. The molecule has 0 aromatic rings. The molecule has 0 radical (unpaired) electrons. The maximum absolute atomic E-state index is 5.58. The van der Waals surface area contributed by atoms with E-state index in [-0.39, 0.29) is 11.1 Å². The van der Waals surface area contributed by atoms with Crippen LogP contribution in [0.3, 0.4) is 0 Å². The fourth-order valence-corrected chi connectivity index (χ4v) is 1.90. The third-order valence-corrected chi connectivity index (χ3v) is 2.32. The third-order valence-electron chi connectivity index (χ3n) is 2.32. The Morgan fingerprint density at radius 3 is 2.58 bits per heavy atom. The van der Waals surface area contributed by atoms with E-state index in [1.807, 2.05) is 0 Å². The van der Waals surface area contributed by atoms with Gasteiger partial charge in [-0.3, -0.25) is 0 Å². The molecule has 1 fully saturated rings. The van der Waals surface area contributed by atoms with E-state index in [1.54, 1.807) is 0 Å². The van der Waals surface area contributed by atoms with Crippen LogP contribution in [0.5, 0.6) is 0 Å². The lowest BCUT2D eigenvalue weighted by Crippen LogP contribution is -2.30. The molecule has 2 heterocycles. The zero-order valence-electron chi connectivity index (χ0n) is 7.46.